The summed E-state index contributed by atoms with van der Waals surface area (Å²) in [6.45, 7) is 1.32. The number of halogens is 3. The zero-order valence-corrected chi connectivity index (χ0v) is 13.3. The van der Waals surface area contributed by atoms with Crippen LogP contribution in [0.4, 0.5) is 14.5 Å². The minimum absolute atomic E-state index is 0.0307. The van der Waals surface area contributed by atoms with Gasteiger partial charge in [0.15, 0.2) is 0 Å². The maximum Gasteiger partial charge on any atom is 0.263 e. The summed E-state index contributed by atoms with van der Waals surface area (Å²) >= 11 is 5.73. The van der Waals surface area contributed by atoms with Gasteiger partial charge in [-0.1, -0.05) is 11.6 Å². The lowest BCUT2D eigenvalue weighted by Crippen LogP contribution is -2.17. The lowest BCUT2D eigenvalue weighted by atomic mass is 10.1. The second-order valence-corrected chi connectivity index (χ2v) is 6.73. The molecule has 0 bridgehead atoms. The van der Waals surface area contributed by atoms with Crippen molar-refractivity contribution in [1.82, 2.24) is 0 Å². The summed E-state index contributed by atoms with van der Waals surface area (Å²) < 4.78 is 53.6. The molecule has 2 aromatic carbocycles. The number of carbonyl (C=O) groups excluding carboxylic acids is 1. The molecule has 0 aliphatic heterocycles. The normalized spacial score (nSPS) is 11.3. The van der Waals surface area contributed by atoms with Gasteiger partial charge in [0.1, 0.15) is 16.5 Å². The zero-order valence-electron chi connectivity index (χ0n) is 11.7. The third-order valence-corrected chi connectivity index (χ3v) is 4.91. The van der Waals surface area contributed by atoms with Crippen LogP contribution in [0.3, 0.4) is 0 Å². The van der Waals surface area contributed by atoms with E-state index in [-0.39, 0.29) is 26.7 Å². The number of rotatable bonds is 4. The number of nitrogens with two attached hydrogens (primary N) is 1. The summed E-state index contributed by atoms with van der Waals surface area (Å²) in [6, 6.07) is 4.75. The largest absolute Gasteiger partial charge is 0.366 e. The molecule has 0 spiro atoms. The molecular formula is C14H11ClF2N2O3S. The van der Waals surface area contributed by atoms with Crippen LogP contribution in [-0.4, -0.2) is 14.3 Å². The molecule has 0 aliphatic carbocycles. The molecule has 0 atom stereocenters. The molecule has 0 aliphatic rings. The number of carbonyl (C=O) groups is 1. The Labute approximate surface area is 136 Å². The van der Waals surface area contributed by atoms with Crippen molar-refractivity contribution in [3.63, 3.8) is 0 Å². The fraction of sp³-hybridized carbons (Fsp3) is 0.0714. The van der Waals surface area contributed by atoms with Crippen LogP contribution in [0.25, 0.3) is 0 Å². The van der Waals surface area contributed by atoms with Crippen LogP contribution in [0, 0.1) is 18.6 Å². The maximum absolute atomic E-state index is 13.8. The second kappa shape index (κ2) is 6.13. The quantitative estimate of drug-likeness (QED) is 0.878. The van der Waals surface area contributed by atoms with Crippen LogP contribution in [0.5, 0.6) is 0 Å². The average molecular weight is 361 g/mol. The average Bonchev–Trinajstić information content (AvgIpc) is 2.42. The molecule has 0 radical (unpaired) electrons. The lowest BCUT2D eigenvalue weighted by Gasteiger charge is -2.13. The molecule has 0 heterocycles. The van der Waals surface area contributed by atoms with E-state index in [2.05, 4.69) is 4.72 Å². The standard InChI is InChI=1S/C14H11ClF2N2O3S/c1-7-11(17)4-8(14(18)20)5-12(7)19-23(21,22)13-3-2-9(16)6-10(13)15/h2-6,19H,1H3,(H2,18,20). The van der Waals surface area contributed by atoms with Crippen LogP contribution in [-0.2, 0) is 10.0 Å². The molecule has 0 aromatic heterocycles. The number of benzene rings is 2. The van der Waals surface area contributed by atoms with Gasteiger partial charge in [0.25, 0.3) is 10.0 Å². The molecule has 2 aromatic rings. The summed E-state index contributed by atoms with van der Waals surface area (Å²) in [5.74, 6) is -2.42. The first kappa shape index (κ1) is 17.2. The predicted molar refractivity (Wildman–Crippen MR) is 81.9 cm³/mol. The summed E-state index contributed by atoms with van der Waals surface area (Å²) in [7, 11) is -4.21. The van der Waals surface area contributed by atoms with E-state index in [9.17, 15) is 22.0 Å². The number of anilines is 1. The smallest absolute Gasteiger partial charge is 0.263 e. The minimum Gasteiger partial charge on any atom is -0.366 e. The number of hydrogen-bond donors (Lipinski definition) is 2. The third kappa shape index (κ3) is 3.59. The molecule has 2 rings (SSSR count). The van der Waals surface area contributed by atoms with E-state index < -0.39 is 27.6 Å². The number of hydrogen-bond acceptors (Lipinski definition) is 3. The molecular weight excluding hydrogens is 350 g/mol. The van der Waals surface area contributed by atoms with Gasteiger partial charge in [0.2, 0.25) is 5.91 Å². The fourth-order valence-corrected chi connectivity index (χ4v) is 3.47. The number of sulfonamides is 1. The van der Waals surface area contributed by atoms with Gasteiger partial charge in [0, 0.05) is 11.1 Å². The van der Waals surface area contributed by atoms with Gasteiger partial charge in [0.05, 0.1) is 10.7 Å². The number of primary amides is 1. The van der Waals surface area contributed by atoms with Crippen LogP contribution in [0.2, 0.25) is 5.02 Å². The topological polar surface area (TPSA) is 89.3 Å². The Morgan fingerprint density at radius 2 is 1.87 bits per heavy atom. The Balaban J connectivity index is 2.51. The van der Waals surface area contributed by atoms with E-state index in [0.717, 1.165) is 30.3 Å². The first-order chi connectivity index (χ1) is 10.6. The first-order valence-electron chi connectivity index (χ1n) is 6.19. The van der Waals surface area contributed by atoms with Crippen molar-refractivity contribution in [3.05, 3.63) is 58.1 Å². The highest BCUT2D eigenvalue weighted by atomic mass is 35.5. The highest BCUT2D eigenvalue weighted by molar-refractivity contribution is 7.92. The van der Waals surface area contributed by atoms with Gasteiger partial charge in [-0.05, 0) is 37.3 Å². The summed E-state index contributed by atoms with van der Waals surface area (Å²) in [4.78, 5) is 10.8. The molecule has 0 unspecified atom stereocenters. The molecule has 23 heavy (non-hydrogen) atoms. The van der Waals surface area contributed by atoms with Gasteiger partial charge in [-0.25, -0.2) is 17.2 Å². The Kier molecular flexibility index (Phi) is 4.58. The van der Waals surface area contributed by atoms with Crippen molar-refractivity contribution in [2.45, 2.75) is 11.8 Å². The van der Waals surface area contributed by atoms with Gasteiger partial charge >= 0.3 is 0 Å². The molecule has 5 nitrogen and oxygen atoms in total. The molecule has 0 saturated heterocycles. The fourth-order valence-electron chi connectivity index (χ4n) is 1.82. The van der Waals surface area contributed by atoms with Crippen LogP contribution < -0.4 is 10.5 Å². The lowest BCUT2D eigenvalue weighted by molar-refractivity contribution is 0.1000. The van der Waals surface area contributed by atoms with Gasteiger partial charge in [-0.3, -0.25) is 9.52 Å². The Morgan fingerprint density at radius 3 is 2.43 bits per heavy atom. The first-order valence-corrected chi connectivity index (χ1v) is 8.06. The van der Waals surface area contributed by atoms with Crippen molar-refractivity contribution < 1.29 is 22.0 Å². The number of nitrogens with one attached hydrogen (secondary N) is 1. The monoisotopic (exact) mass is 360 g/mol. The summed E-state index contributed by atoms with van der Waals surface area (Å²) in [5, 5.41) is -0.332. The SMILES string of the molecule is Cc1c(F)cc(C(N)=O)cc1NS(=O)(=O)c1ccc(F)cc1Cl. The van der Waals surface area contributed by atoms with E-state index in [1.165, 1.54) is 6.92 Å². The molecule has 9 heteroatoms. The van der Waals surface area contributed by atoms with E-state index in [1.807, 2.05) is 0 Å². The van der Waals surface area contributed by atoms with Crippen molar-refractivity contribution >= 4 is 33.2 Å². The maximum atomic E-state index is 13.8. The Hall–Kier alpha value is -2.19. The van der Waals surface area contributed by atoms with Crippen molar-refractivity contribution in [1.29, 1.82) is 0 Å². The van der Waals surface area contributed by atoms with Gasteiger partial charge in [-0.15, -0.1) is 0 Å². The van der Waals surface area contributed by atoms with Gasteiger partial charge < -0.3 is 5.73 Å². The molecule has 122 valence electrons. The Morgan fingerprint density at radius 1 is 1.22 bits per heavy atom. The van der Waals surface area contributed by atoms with Crippen LogP contribution >= 0.6 is 11.6 Å². The summed E-state index contributed by atoms with van der Waals surface area (Å²) in [6.07, 6.45) is 0. The van der Waals surface area contributed by atoms with Crippen LogP contribution in [0.15, 0.2) is 35.2 Å². The molecule has 1 amide bonds. The molecule has 3 N–H and O–H groups in total. The summed E-state index contributed by atoms with van der Waals surface area (Å²) in [5.41, 5.74) is 4.68. The van der Waals surface area contributed by atoms with Crippen molar-refractivity contribution in [2.75, 3.05) is 4.72 Å². The van der Waals surface area contributed by atoms with Crippen LogP contribution in [0.1, 0.15) is 15.9 Å². The molecule has 0 fully saturated rings. The van der Waals surface area contributed by atoms with E-state index >= 15 is 0 Å². The predicted octanol–water partition coefficient (Wildman–Crippen LogP) is 2.83. The molecule has 0 saturated carbocycles. The minimum atomic E-state index is -4.21. The third-order valence-electron chi connectivity index (χ3n) is 3.06. The van der Waals surface area contributed by atoms with Gasteiger partial charge in [-0.2, -0.15) is 0 Å². The van der Waals surface area contributed by atoms with E-state index in [4.69, 9.17) is 17.3 Å². The zero-order chi connectivity index (χ0) is 17.4. The number of amides is 1. The van der Waals surface area contributed by atoms with E-state index in [0.29, 0.717) is 0 Å². The van der Waals surface area contributed by atoms with E-state index in [1.54, 1.807) is 0 Å². The highest BCUT2D eigenvalue weighted by Crippen LogP contribution is 2.27. The highest BCUT2D eigenvalue weighted by Gasteiger charge is 2.21. The second-order valence-electron chi connectivity index (χ2n) is 4.68. The van der Waals surface area contributed by atoms with Crippen molar-refractivity contribution in [3.8, 4) is 0 Å². The Bertz CT molecular complexity index is 901. The van der Waals surface area contributed by atoms with Crippen molar-refractivity contribution in [2.24, 2.45) is 5.73 Å².